The average molecular weight is 512 g/mol. The summed E-state index contributed by atoms with van der Waals surface area (Å²) in [5.41, 5.74) is 0. The summed E-state index contributed by atoms with van der Waals surface area (Å²) < 4.78 is 5.41. The molecular weight excluding hydrogens is 477 g/mol. The second-order valence-electron chi connectivity index (χ2n) is 5.91. The predicted octanol–water partition coefficient (Wildman–Crippen LogP) is 4.74. The molecule has 0 spiro atoms. The summed E-state index contributed by atoms with van der Waals surface area (Å²) in [6.45, 7) is 7.04. The predicted molar refractivity (Wildman–Crippen MR) is 130 cm³/mol. The van der Waals surface area contributed by atoms with Gasteiger partial charge in [0.05, 0.1) is 7.11 Å². The van der Waals surface area contributed by atoms with Gasteiger partial charge in [-0.2, -0.15) is 11.8 Å². The molecule has 1 aromatic rings. The van der Waals surface area contributed by atoms with E-state index in [1.807, 2.05) is 35.7 Å². The molecule has 0 aliphatic heterocycles. The molecule has 2 N–H and O–H groups in total. The standard InChI is InChI=1S/C19H33N3OS2.HI/c1-5-20-19(21-12-8-9-13-24-4)22-14-16(2)15-25-18-11-7-6-10-17(18)23-3;/h6-7,10-11,16H,5,8-9,12-15H2,1-4H3,(H2,20,21,22);1H. The van der Waals surface area contributed by atoms with Gasteiger partial charge in [0.1, 0.15) is 5.75 Å². The molecule has 0 bridgehead atoms. The van der Waals surface area contributed by atoms with Crippen molar-refractivity contribution >= 4 is 53.5 Å². The molecule has 0 aromatic heterocycles. The lowest BCUT2D eigenvalue weighted by Crippen LogP contribution is -2.38. The minimum Gasteiger partial charge on any atom is -0.496 e. The number of para-hydroxylation sites is 1. The molecule has 0 heterocycles. The number of nitrogens with one attached hydrogen (secondary N) is 2. The van der Waals surface area contributed by atoms with Crippen LogP contribution in [0.25, 0.3) is 0 Å². The fourth-order valence-corrected chi connectivity index (χ4v) is 3.72. The normalized spacial score (nSPS) is 12.2. The van der Waals surface area contributed by atoms with E-state index in [1.165, 1.54) is 23.5 Å². The average Bonchev–Trinajstić information content (AvgIpc) is 2.64. The van der Waals surface area contributed by atoms with Gasteiger partial charge in [-0.05, 0) is 49.8 Å². The van der Waals surface area contributed by atoms with Gasteiger partial charge in [-0.3, -0.25) is 4.99 Å². The Balaban J connectivity index is 0.00000625. The number of methoxy groups -OCH3 is 1. The topological polar surface area (TPSA) is 45.7 Å². The van der Waals surface area contributed by atoms with Crippen molar-refractivity contribution in [3.8, 4) is 5.75 Å². The van der Waals surface area contributed by atoms with Crippen molar-refractivity contribution < 1.29 is 4.74 Å². The van der Waals surface area contributed by atoms with E-state index in [4.69, 9.17) is 9.73 Å². The van der Waals surface area contributed by atoms with Gasteiger partial charge >= 0.3 is 0 Å². The number of hydrogen-bond acceptors (Lipinski definition) is 4. The lowest BCUT2D eigenvalue weighted by atomic mass is 10.2. The maximum atomic E-state index is 5.41. The highest BCUT2D eigenvalue weighted by molar-refractivity contribution is 14.0. The third kappa shape index (κ3) is 11.4. The fraction of sp³-hybridized carbons (Fsp3) is 0.632. The molecule has 0 saturated heterocycles. The molecule has 1 aromatic carbocycles. The van der Waals surface area contributed by atoms with Crippen LogP contribution in [-0.2, 0) is 0 Å². The molecule has 150 valence electrons. The maximum Gasteiger partial charge on any atom is 0.191 e. The first-order valence-electron chi connectivity index (χ1n) is 8.98. The van der Waals surface area contributed by atoms with Crippen molar-refractivity contribution in [1.29, 1.82) is 0 Å². The summed E-state index contributed by atoms with van der Waals surface area (Å²) in [4.78, 5) is 5.92. The van der Waals surface area contributed by atoms with Crippen LogP contribution >= 0.6 is 47.5 Å². The second-order valence-corrected chi connectivity index (χ2v) is 7.96. The Bertz CT molecular complexity index is 503. The van der Waals surface area contributed by atoms with E-state index in [9.17, 15) is 0 Å². The van der Waals surface area contributed by atoms with Crippen LogP contribution in [0.4, 0.5) is 0 Å². The van der Waals surface area contributed by atoms with E-state index in [1.54, 1.807) is 7.11 Å². The van der Waals surface area contributed by atoms with Crippen LogP contribution in [0.3, 0.4) is 0 Å². The molecule has 0 aliphatic rings. The van der Waals surface area contributed by atoms with Gasteiger partial charge in [0.2, 0.25) is 0 Å². The first-order chi connectivity index (χ1) is 12.2. The molecule has 7 heteroatoms. The quantitative estimate of drug-likeness (QED) is 0.140. The Labute approximate surface area is 185 Å². The van der Waals surface area contributed by atoms with E-state index in [2.05, 4.69) is 42.9 Å². The van der Waals surface area contributed by atoms with Crippen LogP contribution in [0.5, 0.6) is 5.75 Å². The number of rotatable bonds is 12. The highest BCUT2D eigenvalue weighted by atomic mass is 127. The Morgan fingerprint density at radius 3 is 2.69 bits per heavy atom. The number of benzene rings is 1. The van der Waals surface area contributed by atoms with Crippen molar-refractivity contribution in [3.05, 3.63) is 24.3 Å². The zero-order chi connectivity index (χ0) is 18.3. The highest BCUT2D eigenvalue weighted by Crippen LogP contribution is 2.29. The van der Waals surface area contributed by atoms with E-state index >= 15 is 0 Å². The fourth-order valence-electron chi connectivity index (χ4n) is 2.19. The Kier molecular flexibility index (Phi) is 16.7. The Hall–Kier alpha value is -0.280. The Morgan fingerprint density at radius 2 is 2.00 bits per heavy atom. The maximum absolute atomic E-state index is 5.41. The Morgan fingerprint density at radius 1 is 1.23 bits per heavy atom. The minimum absolute atomic E-state index is 0. The lowest BCUT2D eigenvalue weighted by molar-refractivity contribution is 0.405. The molecule has 1 unspecified atom stereocenters. The van der Waals surface area contributed by atoms with Gasteiger partial charge in [-0.15, -0.1) is 35.7 Å². The summed E-state index contributed by atoms with van der Waals surface area (Å²) in [7, 11) is 1.72. The van der Waals surface area contributed by atoms with Crippen molar-refractivity contribution in [2.24, 2.45) is 10.9 Å². The first kappa shape index (κ1) is 25.7. The molecule has 26 heavy (non-hydrogen) atoms. The van der Waals surface area contributed by atoms with Gasteiger partial charge in [-0.25, -0.2) is 0 Å². The summed E-state index contributed by atoms with van der Waals surface area (Å²) in [6, 6.07) is 8.18. The van der Waals surface area contributed by atoms with Crippen LogP contribution in [0, 0.1) is 5.92 Å². The smallest absolute Gasteiger partial charge is 0.191 e. The van der Waals surface area contributed by atoms with Crippen LogP contribution in [0.15, 0.2) is 34.2 Å². The number of guanidine groups is 1. The van der Waals surface area contributed by atoms with Crippen LogP contribution < -0.4 is 15.4 Å². The molecule has 0 aliphatic carbocycles. The van der Waals surface area contributed by atoms with Crippen LogP contribution in [0.1, 0.15) is 26.7 Å². The third-order valence-corrected chi connectivity index (χ3v) is 5.65. The van der Waals surface area contributed by atoms with Gasteiger partial charge < -0.3 is 15.4 Å². The van der Waals surface area contributed by atoms with E-state index in [-0.39, 0.29) is 24.0 Å². The zero-order valence-electron chi connectivity index (χ0n) is 16.4. The number of thioether (sulfide) groups is 2. The summed E-state index contributed by atoms with van der Waals surface area (Å²) in [6.07, 6.45) is 4.59. The van der Waals surface area contributed by atoms with Crippen LogP contribution in [-0.4, -0.2) is 50.5 Å². The number of hydrogen-bond donors (Lipinski definition) is 2. The molecular formula is C19H34IN3OS2. The molecule has 0 fully saturated rings. The van der Waals surface area contributed by atoms with E-state index < -0.39 is 0 Å². The molecule has 0 amide bonds. The SMILES string of the molecule is CCNC(=NCC(C)CSc1ccccc1OC)NCCCCSC.I. The van der Waals surface area contributed by atoms with Crippen molar-refractivity contribution in [2.75, 3.05) is 44.5 Å². The molecule has 1 rings (SSSR count). The monoisotopic (exact) mass is 511 g/mol. The number of unbranched alkanes of at least 4 members (excludes halogenated alkanes) is 1. The van der Waals surface area contributed by atoms with Crippen LogP contribution in [0.2, 0.25) is 0 Å². The molecule has 4 nitrogen and oxygen atoms in total. The second kappa shape index (κ2) is 16.9. The summed E-state index contributed by atoms with van der Waals surface area (Å²) >= 11 is 3.74. The summed E-state index contributed by atoms with van der Waals surface area (Å²) in [5.74, 6) is 4.63. The number of nitrogens with zero attached hydrogens (tertiary/aromatic N) is 1. The zero-order valence-corrected chi connectivity index (χ0v) is 20.4. The van der Waals surface area contributed by atoms with Gasteiger partial charge in [0.15, 0.2) is 5.96 Å². The molecule has 1 atom stereocenters. The number of ether oxygens (including phenoxy) is 1. The summed E-state index contributed by atoms with van der Waals surface area (Å²) in [5, 5.41) is 6.76. The lowest BCUT2D eigenvalue weighted by Gasteiger charge is -2.14. The van der Waals surface area contributed by atoms with E-state index in [0.717, 1.165) is 37.1 Å². The largest absolute Gasteiger partial charge is 0.496 e. The first-order valence-corrected chi connectivity index (χ1v) is 11.4. The molecule has 0 saturated carbocycles. The van der Waals surface area contributed by atoms with Gasteiger partial charge in [0.25, 0.3) is 0 Å². The molecule has 0 radical (unpaired) electrons. The van der Waals surface area contributed by atoms with E-state index in [0.29, 0.717) is 5.92 Å². The third-order valence-electron chi connectivity index (χ3n) is 3.57. The van der Waals surface area contributed by atoms with Crippen molar-refractivity contribution in [2.45, 2.75) is 31.6 Å². The minimum atomic E-state index is 0. The van der Waals surface area contributed by atoms with Crippen molar-refractivity contribution in [1.82, 2.24) is 10.6 Å². The highest BCUT2D eigenvalue weighted by Gasteiger charge is 2.07. The van der Waals surface area contributed by atoms with Crippen molar-refractivity contribution in [3.63, 3.8) is 0 Å². The van der Waals surface area contributed by atoms with Gasteiger partial charge in [-0.1, -0.05) is 19.1 Å². The van der Waals surface area contributed by atoms with Gasteiger partial charge in [0, 0.05) is 30.3 Å². The number of halogens is 1. The number of aliphatic imine (C=N–C) groups is 1.